The molecule has 1 aromatic heterocycles. The second kappa shape index (κ2) is 6.91. The summed E-state index contributed by atoms with van der Waals surface area (Å²) in [4.78, 5) is 24.4. The Bertz CT molecular complexity index is 576. The smallest absolute Gasteiger partial charge is 0.495 e. The fourth-order valence-corrected chi connectivity index (χ4v) is 1.47. The number of hydrogen-bond acceptors (Lipinski definition) is 7. The molecule has 11 heteroatoms. The maximum Gasteiger partial charge on any atom is 0.574 e. The molecule has 0 bridgehead atoms. The third-order valence-corrected chi connectivity index (χ3v) is 2.25. The van der Waals surface area contributed by atoms with Crippen molar-refractivity contribution in [1.29, 1.82) is 0 Å². The highest BCUT2D eigenvalue weighted by Crippen LogP contribution is 2.34. The number of carbonyl (C=O) groups excluding carboxylic acids is 1. The summed E-state index contributed by atoms with van der Waals surface area (Å²) >= 11 is 0. The standard InChI is InChI=1S/C11H11F3N2O6/c1-3-21-9(17)4-6-8(20-2)5-7(16(18)19)10(15-6)22-11(12,13)14/h5H,3-4H2,1-2H3. The maximum absolute atomic E-state index is 12.3. The van der Waals surface area contributed by atoms with E-state index in [1.54, 1.807) is 0 Å². The Hall–Kier alpha value is -2.59. The average molecular weight is 324 g/mol. The summed E-state index contributed by atoms with van der Waals surface area (Å²) in [5.74, 6) is -2.29. The number of carbonyl (C=O) groups is 1. The number of halogens is 3. The number of aromatic nitrogens is 1. The van der Waals surface area contributed by atoms with Gasteiger partial charge in [-0.15, -0.1) is 13.2 Å². The molecule has 0 unspecified atom stereocenters. The Kier molecular flexibility index (Phi) is 5.49. The summed E-state index contributed by atoms with van der Waals surface area (Å²) < 4.78 is 49.8. The molecule has 0 saturated carbocycles. The van der Waals surface area contributed by atoms with Gasteiger partial charge in [-0.25, -0.2) is 4.98 Å². The fourth-order valence-electron chi connectivity index (χ4n) is 1.47. The van der Waals surface area contributed by atoms with Crippen LogP contribution in [0.1, 0.15) is 12.6 Å². The van der Waals surface area contributed by atoms with Gasteiger partial charge < -0.3 is 14.2 Å². The highest BCUT2D eigenvalue weighted by Gasteiger charge is 2.36. The van der Waals surface area contributed by atoms with Gasteiger partial charge in [0.15, 0.2) is 0 Å². The summed E-state index contributed by atoms with van der Waals surface area (Å²) in [6.07, 6.45) is -5.70. The summed E-state index contributed by atoms with van der Waals surface area (Å²) in [6, 6.07) is 0.697. The molecule has 8 nitrogen and oxygen atoms in total. The monoisotopic (exact) mass is 324 g/mol. The first kappa shape index (κ1) is 17.5. The van der Waals surface area contributed by atoms with Gasteiger partial charge in [-0.3, -0.25) is 14.9 Å². The molecular weight excluding hydrogens is 313 g/mol. The zero-order valence-electron chi connectivity index (χ0n) is 11.5. The van der Waals surface area contributed by atoms with Crippen LogP contribution in [-0.2, 0) is 16.0 Å². The lowest BCUT2D eigenvalue weighted by molar-refractivity contribution is -0.389. The van der Waals surface area contributed by atoms with E-state index in [1.807, 2.05) is 0 Å². The predicted octanol–water partition coefficient (Wildman–Crippen LogP) is 2.00. The van der Waals surface area contributed by atoms with Gasteiger partial charge in [-0.05, 0) is 6.92 Å². The second-order valence-corrected chi connectivity index (χ2v) is 3.75. The van der Waals surface area contributed by atoms with Gasteiger partial charge in [0.1, 0.15) is 5.75 Å². The van der Waals surface area contributed by atoms with Gasteiger partial charge in [0.05, 0.1) is 36.8 Å². The van der Waals surface area contributed by atoms with Crippen LogP contribution in [0.25, 0.3) is 0 Å². The first-order valence-corrected chi connectivity index (χ1v) is 5.81. The molecule has 22 heavy (non-hydrogen) atoms. The normalized spacial score (nSPS) is 11.0. The van der Waals surface area contributed by atoms with Crippen molar-refractivity contribution in [1.82, 2.24) is 4.98 Å². The van der Waals surface area contributed by atoms with Crippen molar-refractivity contribution in [2.24, 2.45) is 0 Å². The van der Waals surface area contributed by atoms with E-state index in [4.69, 9.17) is 4.74 Å². The van der Waals surface area contributed by atoms with E-state index in [2.05, 4.69) is 14.5 Å². The van der Waals surface area contributed by atoms with Gasteiger partial charge in [0.2, 0.25) is 0 Å². The Morgan fingerprint density at radius 1 is 1.45 bits per heavy atom. The highest BCUT2D eigenvalue weighted by atomic mass is 19.4. The van der Waals surface area contributed by atoms with Crippen LogP contribution < -0.4 is 9.47 Å². The molecule has 1 heterocycles. The second-order valence-electron chi connectivity index (χ2n) is 3.75. The zero-order chi connectivity index (χ0) is 16.9. The minimum Gasteiger partial charge on any atom is -0.495 e. The van der Waals surface area contributed by atoms with Gasteiger partial charge in [-0.1, -0.05) is 0 Å². The molecule has 1 aromatic rings. The molecule has 0 aliphatic heterocycles. The van der Waals surface area contributed by atoms with Crippen LogP contribution >= 0.6 is 0 Å². The molecule has 0 aliphatic rings. The highest BCUT2D eigenvalue weighted by molar-refractivity contribution is 5.73. The molecule has 0 radical (unpaired) electrons. The van der Waals surface area contributed by atoms with E-state index >= 15 is 0 Å². The van der Waals surface area contributed by atoms with Crippen molar-refractivity contribution in [3.8, 4) is 11.6 Å². The van der Waals surface area contributed by atoms with E-state index in [-0.39, 0.29) is 18.1 Å². The number of nitro groups is 1. The van der Waals surface area contributed by atoms with E-state index in [0.717, 1.165) is 7.11 Å². The summed E-state index contributed by atoms with van der Waals surface area (Å²) in [5, 5.41) is 10.8. The summed E-state index contributed by atoms with van der Waals surface area (Å²) in [5.41, 5.74) is -1.31. The molecule has 0 saturated heterocycles. The molecule has 0 aromatic carbocycles. The summed E-state index contributed by atoms with van der Waals surface area (Å²) in [6.45, 7) is 1.59. The first-order valence-electron chi connectivity index (χ1n) is 5.81. The molecule has 122 valence electrons. The third-order valence-electron chi connectivity index (χ3n) is 2.25. The third kappa shape index (κ3) is 4.75. The number of pyridine rings is 1. The van der Waals surface area contributed by atoms with Crippen molar-refractivity contribution in [2.75, 3.05) is 13.7 Å². The van der Waals surface area contributed by atoms with Crippen LogP contribution in [-0.4, -0.2) is 36.0 Å². The number of rotatable bonds is 6. The molecule has 1 rings (SSSR count). The molecule has 0 spiro atoms. The van der Waals surface area contributed by atoms with Crippen LogP contribution in [0.5, 0.6) is 11.6 Å². The van der Waals surface area contributed by atoms with Crippen molar-refractivity contribution in [3.05, 3.63) is 21.9 Å². The van der Waals surface area contributed by atoms with Gasteiger partial charge >= 0.3 is 23.9 Å². The number of esters is 1. The largest absolute Gasteiger partial charge is 0.574 e. The lowest BCUT2D eigenvalue weighted by Gasteiger charge is -2.12. The Morgan fingerprint density at radius 2 is 2.09 bits per heavy atom. The molecule has 0 amide bonds. The Balaban J connectivity index is 3.29. The lowest BCUT2D eigenvalue weighted by Crippen LogP contribution is -2.20. The molecule has 0 aliphatic carbocycles. The van der Waals surface area contributed by atoms with Gasteiger partial charge in [-0.2, -0.15) is 0 Å². The zero-order valence-corrected chi connectivity index (χ0v) is 11.5. The number of methoxy groups -OCH3 is 1. The predicted molar refractivity (Wildman–Crippen MR) is 64.5 cm³/mol. The van der Waals surface area contributed by atoms with Crippen molar-refractivity contribution >= 4 is 11.7 Å². The number of ether oxygens (including phenoxy) is 3. The quantitative estimate of drug-likeness (QED) is 0.448. The van der Waals surface area contributed by atoms with Crippen LogP contribution in [0.2, 0.25) is 0 Å². The van der Waals surface area contributed by atoms with Crippen LogP contribution in [0.4, 0.5) is 18.9 Å². The van der Waals surface area contributed by atoms with Gasteiger partial charge in [0.25, 0.3) is 0 Å². The van der Waals surface area contributed by atoms with Gasteiger partial charge in [0, 0.05) is 0 Å². The van der Waals surface area contributed by atoms with E-state index in [1.165, 1.54) is 6.92 Å². The molecule has 0 N–H and O–H groups in total. The number of hydrogen-bond donors (Lipinski definition) is 0. The minimum absolute atomic E-state index is 0.0556. The average Bonchev–Trinajstić information content (AvgIpc) is 2.36. The molecular formula is C11H11F3N2O6. The molecule has 0 fully saturated rings. The maximum atomic E-state index is 12.3. The Labute approximate surface area is 121 Å². The van der Waals surface area contributed by atoms with E-state index < -0.39 is 35.2 Å². The topological polar surface area (TPSA) is 101 Å². The lowest BCUT2D eigenvalue weighted by atomic mass is 10.2. The van der Waals surface area contributed by atoms with E-state index in [0.29, 0.717) is 6.07 Å². The Morgan fingerprint density at radius 3 is 2.55 bits per heavy atom. The fraction of sp³-hybridized carbons (Fsp3) is 0.455. The number of nitrogens with zero attached hydrogens (tertiary/aromatic N) is 2. The van der Waals surface area contributed by atoms with Crippen molar-refractivity contribution in [2.45, 2.75) is 19.7 Å². The molecule has 0 atom stereocenters. The van der Waals surface area contributed by atoms with Crippen molar-refractivity contribution in [3.63, 3.8) is 0 Å². The van der Waals surface area contributed by atoms with Crippen LogP contribution in [0.15, 0.2) is 6.07 Å². The first-order chi connectivity index (χ1) is 10.2. The number of alkyl halides is 3. The van der Waals surface area contributed by atoms with Crippen molar-refractivity contribution < 1.29 is 37.1 Å². The minimum atomic E-state index is -5.17. The summed E-state index contributed by atoms with van der Waals surface area (Å²) in [7, 11) is 1.12. The van der Waals surface area contributed by atoms with Crippen LogP contribution in [0, 0.1) is 10.1 Å². The van der Waals surface area contributed by atoms with Crippen LogP contribution in [0.3, 0.4) is 0 Å². The SMILES string of the molecule is CCOC(=O)Cc1nc(OC(F)(F)F)c([N+](=O)[O-])cc1OC. The van der Waals surface area contributed by atoms with E-state index in [9.17, 15) is 28.1 Å².